The third-order valence-corrected chi connectivity index (χ3v) is 1.74. The maximum Gasteiger partial charge on any atom is 0.191 e. The number of nitrogens with zero attached hydrogens (tertiary/aromatic N) is 2. The van der Waals surface area contributed by atoms with Gasteiger partial charge in [0.15, 0.2) is 11.7 Å². The molecule has 0 bridgehead atoms. The highest BCUT2D eigenvalue weighted by Gasteiger charge is 2.06. The van der Waals surface area contributed by atoms with E-state index >= 15 is 0 Å². The topological polar surface area (TPSA) is 64.9 Å². The van der Waals surface area contributed by atoms with Crippen LogP contribution in [0.25, 0.3) is 11.3 Å². The van der Waals surface area contributed by atoms with E-state index in [9.17, 15) is 0 Å². The van der Waals surface area contributed by atoms with Gasteiger partial charge in [0.2, 0.25) is 0 Å². The number of nitrogen functional groups attached to an aromatic ring is 1. The summed E-state index contributed by atoms with van der Waals surface area (Å²) in [4.78, 5) is 7.88. The zero-order valence-electron chi connectivity index (χ0n) is 7.19. The van der Waals surface area contributed by atoms with Crippen molar-refractivity contribution in [3.63, 3.8) is 0 Å². The molecule has 4 heteroatoms. The lowest BCUT2D eigenvalue weighted by Gasteiger charge is -1.98. The summed E-state index contributed by atoms with van der Waals surface area (Å²) < 4.78 is 5.33. The Morgan fingerprint density at radius 3 is 2.85 bits per heavy atom. The fourth-order valence-corrected chi connectivity index (χ4v) is 1.12. The van der Waals surface area contributed by atoms with Gasteiger partial charge in [0.05, 0.1) is 18.1 Å². The van der Waals surface area contributed by atoms with Crippen molar-refractivity contribution in [3.05, 3.63) is 30.5 Å². The molecule has 0 radical (unpaired) electrons. The summed E-state index contributed by atoms with van der Waals surface area (Å²) in [7, 11) is 0. The summed E-state index contributed by atoms with van der Waals surface area (Å²) in [5.74, 6) is 1.31. The lowest BCUT2D eigenvalue weighted by atomic mass is 10.2. The van der Waals surface area contributed by atoms with E-state index in [0.717, 1.165) is 5.56 Å². The van der Waals surface area contributed by atoms with Crippen LogP contribution >= 0.6 is 0 Å². The molecular formula is C9H9N3O. The molecule has 2 rings (SSSR count). The molecule has 13 heavy (non-hydrogen) atoms. The highest BCUT2D eigenvalue weighted by Crippen LogP contribution is 2.24. The van der Waals surface area contributed by atoms with Gasteiger partial charge in [0, 0.05) is 18.7 Å². The Morgan fingerprint density at radius 1 is 1.38 bits per heavy atom. The number of nitrogens with two attached hydrogens (primary N) is 1. The molecular weight excluding hydrogens is 166 g/mol. The second-order valence-corrected chi connectivity index (χ2v) is 2.71. The minimum Gasteiger partial charge on any atom is -0.441 e. The van der Waals surface area contributed by atoms with E-state index in [1.54, 1.807) is 31.6 Å². The highest BCUT2D eigenvalue weighted by molar-refractivity contribution is 5.70. The van der Waals surface area contributed by atoms with Gasteiger partial charge in [-0.25, -0.2) is 4.98 Å². The molecule has 2 aromatic rings. The van der Waals surface area contributed by atoms with E-state index in [0.29, 0.717) is 17.3 Å². The Kier molecular flexibility index (Phi) is 1.73. The zero-order chi connectivity index (χ0) is 9.26. The largest absolute Gasteiger partial charge is 0.441 e. The first-order valence-corrected chi connectivity index (χ1v) is 3.89. The predicted molar refractivity (Wildman–Crippen MR) is 48.9 cm³/mol. The van der Waals surface area contributed by atoms with Crippen LogP contribution in [0.3, 0.4) is 0 Å². The molecule has 0 aliphatic rings. The molecule has 0 saturated heterocycles. The Hall–Kier alpha value is -1.84. The lowest BCUT2D eigenvalue weighted by molar-refractivity contribution is 0.534. The molecule has 0 unspecified atom stereocenters. The van der Waals surface area contributed by atoms with Gasteiger partial charge in [-0.15, -0.1) is 0 Å². The molecule has 0 spiro atoms. The van der Waals surface area contributed by atoms with Gasteiger partial charge < -0.3 is 10.2 Å². The number of hydrogen-bond donors (Lipinski definition) is 1. The standard InChI is InChI=1S/C9H9N3O/c1-6-12-5-9(13-6)7-2-3-11-4-8(7)10/h2-5H,10H2,1H3. The molecule has 0 fully saturated rings. The minimum atomic E-state index is 0.596. The van der Waals surface area contributed by atoms with Gasteiger partial charge in [-0.3, -0.25) is 4.98 Å². The van der Waals surface area contributed by atoms with E-state index in [1.165, 1.54) is 0 Å². The van der Waals surface area contributed by atoms with Crippen molar-refractivity contribution in [1.29, 1.82) is 0 Å². The molecule has 0 amide bonds. The number of aromatic nitrogens is 2. The van der Waals surface area contributed by atoms with Crippen molar-refractivity contribution in [3.8, 4) is 11.3 Å². The van der Waals surface area contributed by atoms with Crippen LogP contribution in [0.5, 0.6) is 0 Å². The van der Waals surface area contributed by atoms with Crippen molar-refractivity contribution in [2.75, 3.05) is 5.73 Å². The Morgan fingerprint density at radius 2 is 2.23 bits per heavy atom. The van der Waals surface area contributed by atoms with Crippen molar-refractivity contribution in [2.45, 2.75) is 6.92 Å². The fourth-order valence-electron chi connectivity index (χ4n) is 1.12. The van der Waals surface area contributed by atoms with Crippen LogP contribution in [-0.4, -0.2) is 9.97 Å². The summed E-state index contributed by atoms with van der Waals surface area (Å²) in [5.41, 5.74) is 7.14. The number of oxazole rings is 1. The third-order valence-electron chi connectivity index (χ3n) is 1.74. The highest BCUT2D eigenvalue weighted by atomic mass is 16.4. The van der Waals surface area contributed by atoms with Gasteiger partial charge in [-0.2, -0.15) is 0 Å². The summed E-state index contributed by atoms with van der Waals surface area (Å²) in [6.07, 6.45) is 4.91. The fraction of sp³-hybridized carbons (Fsp3) is 0.111. The van der Waals surface area contributed by atoms with E-state index in [2.05, 4.69) is 9.97 Å². The number of rotatable bonds is 1. The second kappa shape index (κ2) is 2.90. The van der Waals surface area contributed by atoms with Gasteiger partial charge in [0.1, 0.15) is 0 Å². The van der Waals surface area contributed by atoms with Crippen LogP contribution in [0.2, 0.25) is 0 Å². The van der Waals surface area contributed by atoms with Crippen molar-refractivity contribution in [2.24, 2.45) is 0 Å². The van der Waals surface area contributed by atoms with Crippen molar-refractivity contribution in [1.82, 2.24) is 9.97 Å². The third kappa shape index (κ3) is 1.38. The van der Waals surface area contributed by atoms with Crippen molar-refractivity contribution >= 4 is 5.69 Å². The molecule has 0 aliphatic heterocycles. The van der Waals surface area contributed by atoms with Crippen LogP contribution in [0, 0.1) is 6.92 Å². The van der Waals surface area contributed by atoms with Crippen LogP contribution in [0.15, 0.2) is 29.1 Å². The van der Waals surface area contributed by atoms with E-state index in [1.807, 2.05) is 0 Å². The molecule has 2 N–H and O–H groups in total. The first-order chi connectivity index (χ1) is 6.27. The number of hydrogen-bond acceptors (Lipinski definition) is 4. The van der Waals surface area contributed by atoms with Gasteiger partial charge in [-0.1, -0.05) is 0 Å². The molecule has 2 aromatic heterocycles. The van der Waals surface area contributed by atoms with Gasteiger partial charge in [0.25, 0.3) is 0 Å². The predicted octanol–water partition coefficient (Wildman–Crippen LogP) is 1.63. The number of pyridine rings is 1. The summed E-state index contributed by atoms with van der Waals surface area (Å²) in [6, 6.07) is 1.80. The van der Waals surface area contributed by atoms with Crippen LogP contribution in [0.4, 0.5) is 5.69 Å². The summed E-state index contributed by atoms with van der Waals surface area (Å²) in [5, 5.41) is 0. The molecule has 2 heterocycles. The monoisotopic (exact) mass is 175 g/mol. The molecule has 66 valence electrons. The van der Waals surface area contributed by atoms with Gasteiger partial charge >= 0.3 is 0 Å². The first-order valence-electron chi connectivity index (χ1n) is 3.89. The molecule has 0 aliphatic carbocycles. The lowest BCUT2D eigenvalue weighted by Crippen LogP contribution is -1.89. The quantitative estimate of drug-likeness (QED) is 0.715. The van der Waals surface area contributed by atoms with E-state index < -0.39 is 0 Å². The van der Waals surface area contributed by atoms with E-state index in [-0.39, 0.29) is 0 Å². The van der Waals surface area contributed by atoms with Gasteiger partial charge in [-0.05, 0) is 6.07 Å². The number of anilines is 1. The van der Waals surface area contributed by atoms with Crippen LogP contribution in [0.1, 0.15) is 5.89 Å². The molecule has 0 saturated carbocycles. The second-order valence-electron chi connectivity index (χ2n) is 2.71. The maximum atomic E-state index is 5.71. The normalized spacial score (nSPS) is 10.2. The summed E-state index contributed by atoms with van der Waals surface area (Å²) >= 11 is 0. The minimum absolute atomic E-state index is 0.596. The first kappa shape index (κ1) is 7.79. The molecule has 0 aromatic carbocycles. The van der Waals surface area contributed by atoms with Crippen molar-refractivity contribution < 1.29 is 4.42 Å². The number of aryl methyl sites for hydroxylation is 1. The SMILES string of the molecule is Cc1ncc(-c2ccncc2N)o1. The average Bonchev–Trinajstić information content (AvgIpc) is 2.53. The Labute approximate surface area is 75.4 Å². The maximum absolute atomic E-state index is 5.71. The van der Waals surface area contributed by atoms with Crippen LogP contribution < -0.4 is 5.73 Å². The Bertz CT molecular complexity index is 422. The smallest absolute Gasteiger partial charge is 0.191 e. The van der Waals surface area contributed by atoms with E-state index in [4.69, 9.17) is 10.2 Å². The zero-order valence-corrected chi connectivity index (χ0v) is 7.19. The van der Waals surface area contributed by atoms with Crippen LogP contribution in [-0.2, 0) is 0 Å². The molecule has 4 nitrogen and oxygen atoms in total. The Balaban J connectivity index is 2.52. The average molecular weight is 175 g/mol. The summed E-state index contributed by atoms with van der Waals surface area (Å²) in [6.45, 7) is 1.79. The molecule has 0 atom stereocenters.